The molecule has 68 heavy (non-hydrogen) atoms. The van der Waals surface area contributed by atoms with Crippen LogP contribution in [0.2, 0.25) is 5.02 Å². The summed E-state index contributed by atoms with van der Waals surface area (Å²) in [6, 6.07) is 28.3. The summed E-state index contributed by atoms with van der Waals surface area (Å²) >= 11 is 7.48. The summed E-state index contributed by atoms with van der Waals surface area (Å²) in [5.74, 6) is -4.01. The van der Waals surface area contributed by atoms with Gasteiger partial charge in [0.2, 0.25) is 0 Å². The van der Waals surface area contributed by atoms with Crippen LogP contribution in [0.1, 0.15) is 59.5 Å². The largest absolute Gasteiger partial charge is 0.497 e. The van der Waals surface area contributed by atoms with Crippen LogP contribution >= 0.6 is 23.4 Å². The molecule has 0 aliphatic carbocycles. The van der Waals surface area contributed by atoms with Crippen LogP contribution in [0.3, 0.4) is 0 Å². The van der Waals surface area contributed by atoms with Crippen molar-refractivity contribution in [1.82, 2.24) is 4.90 Å². The molecular weight excluding hydrogens is 926 g/mol. The number of carbonyl (C=O) groups is 6. The molecule has 17 nitrogen and oxygen atoms in total. The highest BCUT2D eigenvalue weighted by Crippen LogP contribution is 2.43. The minimum Gasteiger partial charge on any atom is -0.497 e. The highest BCUT2D eigenvalue weighted by Gasteiger charge is 2.59. The summed E-state index contributed by atoms with van der Waals surface area (Å²) in [5.41, 5.74) is 0.668. The number of rotatable bonds is 18. The first kappa shape index (κ1) is 50.0. The second-order valence-electron chi connectivity index (χ2n) is 15.9. The Kier molecular flexibility index (Phi) is 16.9. The van der Waals surface area contributed by atoms with E-state index in [4.69, 9.17) is 59.0 Å². The molecule has 4 aromatic carbocycles. The average Bonchev–Trinajstić information content (AvgIpc) is 3.56. The van der Waals surface area contributed by atoms with E-state index >= 15 is 0 Å². The molecule has 0 aromatic heterocycles. The highest BCUT2D eigenvalue weighted by atomic mass is 35.5. The third-order valence-corrected chi connectivity index (χ3v) is 12.5. The molecule has 0 radical (unpaired) electrons. The standard InChI is InChI=1S/C49H50ClNO16S/c1-27(52)60-26-39-42(62-28(2)53)44(63-29(3)54)45(64-30(4)55)48(65-39)67-43-40(51-46(56)36-13-9-10-14-37(36)47(51)57)49(68-35-21-17-33(50)18-22-35)66-38(25-59-23-31-11-7-6-8-12-31)41(43)61-24-32-15-19-34(58-5)20-16-32/h6-22,38-45,48-49H,23-26H2,1-5H3/t38-,39-,40-,41-,42+,43-,44+,45-,48+,49+/m1/s1. The average molecular weight is 976 g/mol. The SMILES string of the molecule is COc1ccc(CO[C@H]2[C@H](O[C@@H]3O[C@H](COC(C)=O)[C@H](OC(C)=O)[C@H](OC(C)=O)[C@H]3OC(C)=O)[C@@H](N3C(=O)c4ccccc4C3=O)[C@H](Sc3ccc(Cl)cc3)O[C@@H]2COCc2ccccc2)cc1. The van der Waals surface area contributed by atoms with E-state index in [1.54, 1.807) is 67.8 Å². The predicted octanol–water partition coefficient (Wildman–Crippen LogP) is 6.10. The molecule has 4 aromatic rings. The first-order valence-electron chi connectivity index (χ1n) is 21.6. The number of hydrogen-bond donors (Lipinski definition) is 0. The van der Waals surface area contributed by atoms with E-state index in [0.717, 1.165) is 38.2 Å². The zero-order valence-electron chi connectivity index (χ0n) is 37.7. The number of fused-ring (bicyclic) bond motifs is 1. The number of ether oxygens (including phenoxy) is 10. The van der Waals surface area contributed by atoms with Gasteiger partial charge in [0.15, 0.2) is 24.6 Å². The highest BCUT2D eigenvalue weighted by molar-refractivity contribution is 7.99. The maximum Gasteiger partial charge on any atom is 0.303 e. The molecule has 2 saturated heterocycles. The number of carbonyl (C=O) groups excluding carboxylic acids is 6. The molecule has 2 amide bonds. The first-order valence-corrected chi connectivity index (χ1v) is 22.8. The van der Waals surface area contributed by atoms with Gasteiger partial charge < -0.3 is 47.4 Å². The number of imide groups is 1. The number of amides is 2. The van der Waals surface area contributed by atoms with Crippen molar-refractivity contribution >= 4 is 59.1 Å². The third-order valence-electron chi connectivity index (χ3n) is 11.0. The van der Waals surface area contributed by atoms with Crippen LogP contribution in [0.15, 0.2) is 108 Å². The Labute approximate surface area is 401 Å². The lowest BCUT2D eigenvalue weighted by atomic mass is 9.94. The molecule has 3 aliphatic heterocycles. The van der Waals surface area contributed by atoms with Gasteiger partial charge in [0.1, 0.15) is 48.3 Å². The zero-order chi connectivity index (χ0) is 48.5. The van der Waals surface area contributed by atoms with Crippen LogP contribution in [0.25, 0.3) is 0 Å². The molecular formula is C49H50ClNO16S. The van der Waals surface area contributed by atoms with Crippen molar-refractivity contribution in [2.45, 2.75) is 106 Å². The number of hydrogen-bond acceptors (Lipinski definition) is 17. The molecule has 7 rings (SSSR count). The van der Waals surface area contributed by atoms with Gasteiger partial charge in [-0.25, -0.2) is 0 Å². The van der Waals surface area contributed by atoms with E-state index in [9.17, 15) is 28.8 Å². The summed E-state index contributed by atoms with van der Waals surface area (Å²) in [4.78, 5) is 81.7. The van der Waals surface area contributed by atoms with Crippen molar-refractivity contribution in [3.63, 3.8) is 0 Å². The Bertz CT molecular complexity index is 2390. The van der Waals surface area contributed by atoms with E-state index < -0.39 is 103 Å². The molecule has 10 atom stereocenters. The monoisotopic (exact) mass is 975 g/mol. The molecule has 0 unspecified atom stereocenters. The predicted molar refractivity (Wildman–Crippen MR) is 241 cm³/mol. The third kappa shape index (κ3) is 12.2. The van der Waals surface area contributed by atoms with Gasteiger partial charge in [-0.2, -0.15) is 0 Å². The Morgan fingerprint density at radius 1 is 0.618 bits per heavy atom. The van der Waals surface area contributed by atoms with E-state index in [1.165, 1.54) is 23.9 Å². The van der Waals surface area contributed by atoms with E-state index in [1.807, 2.05) is 30.3 Å². The Morgan fingerprint density at radius 3 is 1.79 bits per heavy atom. The number of esters is 4. The van der Waals surface area contributed by atoms with Crippen molar-refractivity contribution in [1.29, 1.82) is 0 Å². The minimum atomic E-state index is -1.77. The summed E-state index contributed by atoms with van der Waals surface area (Å²) in [6.07, 6.45) is -11.7. The Balaban J connectivity index is 1.39. The van der Waals surface area contributed by atoms with Crippen molar-refractivity contribution in [3.8, 4) is 5.75 Å². The van der Waals surface area contributed by atoms with Gasteiger partial charge in [0.25, 0.3) is 11.8 Å². The minimum absolute atomic E-state index is 0.0739. The first-order chi connectivity index (χ1) is 32.7. The second kappa shape index (κ2) is 23.0. The number of halogens is 1. The zero-order valence-corrected chi connectivity index (χ0v) is 39.3. The molecule has 0 saturated carbocycles. The van der Waals surface area contributed by atoms with Crippen LogP contribution in [0.4, 0.5) is 0 Å². The molecule has 3 aliphatic rings. The van der Waals surface area contributed by atoms with E-state index in [2.05, 4.69) is 0 Å². The lowest BCUT2D eigenvalue weighted by molar-refractivity contribution is -0.337. The van der Waals surface area contributed by atoms with Crippen LogP contribution < -0.4 is 4.74 Å². The van der Waals surface area contributed by atoms with Crippen molar-refractivity contribution in [2.75, 3.05) is 20.3 Å². The summed E-state index contributed by atoms with van der Waals surface area (Å²) in [5, 5.41) is 0.458. The van der Waals surface area contributed by atoms with Gasteiger partial charge in [0.05, 0.1) is 38.1 Å². The van der Waals surface area contributed by atoms with Crippen LogP contribution in [-0.2, 0) is 75.0 Å². The topological polar surface area (TPSA) is 198 Å². The molecule has 360 valence electrons. The fraction of sp³-hybridized carbons (Fsp3) is 0.388. The van der Waals surface area contributed by atoms with Gasteiger partial charge in [0, 0.05) is 37.6 Å². The summed E-state index contributed by atoms with van der Waals surface area (Å²) < 4.78 is 61.6. The normalized spacial score (nSPS) is 25.5. The lowest BCUT2D eigenvalue weighted by Crippen LogP contribution is -2.69. The smallest absolute Gasteiger partial charge is 0.303 e. The maximum absolute atomic E-state index is 14.7. The van der Waals surface area contributed by atoms with Gasteiger partial charge in [-0.3, -0.25) is 33.7 Å². The number of thioether (sulfide) groups is 1. The van der Waals surface area contributed by atoms with Gasteiger partial charge in [-0.05, 0) is 59.7 Å². The summed E-state index contributed by atoms with van der Waals surface area (Å²) in [7, 11) is 1.54. The maximum atomic E-state index is 14.7. The molecule has 0 N–H and O–H groups in total. The van der Waals surface area contributed by atoms with Crippen molar-refractivity contribution in [3.05, 3.63) is 130 Å². The molecule has 2 fully saturated rings. The quantitative estimate of drug-likeness (QED) is 0.0629. The number of benzene rings is 4. The van der Waals surface area contributed by atoms with Crippen LogP contribution in [-0.4, -0.2) is 121 Å². The second-order valence-corrected chi connectivity index (χ2v) is 17.5. The molecule has 19 heteroatoms. The Morgan fingerprint density at radius 2 is 1.19 bits per heavy atom. The van der Waals surface area contributed by atoms with Gasteiger partial charge in [-0.15, -0.1) is 0 Å². The summed E-state index contributed by atoms with van der Waals surface area (Å²) in [6.45, 7) is 3.88. The van der Waals surface area contributed by atoms with Crippen LogP contribution in [0, 0.1) is 0 Å². The van der Waals surface area contributed by atoms with Gasteiger partial charge in [-0.1, -0.05) is 78.0 Å². The van der Waals surface area contributed by atoms with Crippen molar-refractivity contribution in [2.24, 2.45) is 0 Å². The molecule has 0 spiro atoms. The fourth-order valence-electron chi connectivity index (χ4n) is 8.11. The van der Waals surface area contributed by atoms with Gasteiger partial charge >= 0.3 is 23.9 Å². The molecule has 0 bridgehead atoms. The van der Waals surface area contributed by atoms with E-state index in [-0.39, 0.29) is 30.9 Å². The molecule has 3 heterocycles. The van der Waals surface area contributed by atoms with E-state index in [0.29, 0.717) is 21.2 Å². The van der Waals surface area contributed by atoms with Crippen molar-refractivity contribution < 1.29 is 76.1 Å². The van der Waals surface area contributed by atoms with Crippen LogP contribution in [0.5, 0.6) is 5.75 Å². The number of methoxy groups -OCH3 is 1. The Hall–Kier alpha value is -5.86. The number of nitrogens with zero attached hydrogens (tertiary/aromatic N) is 1. The lowest BCUT2D eigenvalue weighted by Gasteiger charge is -2.51. The fourth-order valence-corrected chi connectivity index (χ4v) is 9.41.